The fraction of sp³-hybridized carbons (Fsp3) is 0.500. The predicted molar refractivity (Wildman–Crippen MR) is 67.8 cm³/mol. The summed E-state index contributed by atoms with van der Waals surface area (Å²) in [5.41, 5.74) is 3.14. The molecule has 1 heterocycles. The van der Waals surface area contributed by atoms with Gasteiger partial charge in [0.05, 0.1) is 17.6 Å². The van der Waals surface area contributed by atoms with E-state index in [0.29, 0.717) is 5.92 Å². The fourth-order valence-corrected chi connectivity index (χ4v) is 2.90. The van der Waals surface area contributed by atoms with Gasteiger partial charge in [0.2, 0.25) is 0 Å². The van der Waals surface area contributed by atoms with Crippen molar-refractivity contribution >= 4 is 11.0 Å². The molecule has 2 aromatic rings. The highest BCUT2D eigenvalue weighted by molar-refractivity contribution is 5.77. The Labute approximate surface area is 101 Å². The molecule has 0 radical (unpaired) electrons. The van der Waals surface area contributed by atoms with Gasteiger partial charge in [0.1, 0.15) is 5.82 Å². The molecule has 0 saturated heterocycles. The van der Waals surface area contributed by atoms with Gasteiger partial charge in [0.25, 0.3) is 0 Å². The van der Waals surface area contributed by atoms with Crippen LogP contribution in [0.1, 0.15) is 43.0 Å². The van der Waals surface area contributed by atoms with Crippen LogP contribution in [-0.2, 0) is 13.7 Å². The van der Waals surface area contributed by atoms with E-state index in [0.717, 1.165) is 16.6 Å². The molecule has 1 fully saturated rings. The summed E-state index contributed by atoms with van der Waals surface area (Å²) < 4.78 is 2.20. The van der Waals surface area contributed by atoms with Crippen molar-refractivity contribution < 1.29 is 5.11 Å². The second-order valence-corrected chi connectivity index (χ2v) is 4.99. The van der Waals surface area contributed by atoms with Crippen molar-refractivity contribution in [2.75, 3.05) is 0 Å². The normalized spacial score (nSPS) is 17.1. The van der Waals surface area contributed by atoms with Crippen molar-refractivity contribution in [1.82, 2.24) is 9.55 Å². The molecule has 1 saturated carbocycles. The van der Waals surface area contributed by atoms with Gasteiger partial charge >= 0.3 is 0 Å². The Morgan fingerprint density at radius 2 is 2.12 bits per heavy atom. The van der Waals surface area contributed by atoms with Crippen LogP contribution in [0.15, 0.2) is 18.2 Å². The lowest BCUT2D eigenvalue weighted by Gasteiger charge is -2.08. The standard InChI is InChI=1S/C14H18N2O/c1-16-13-8-10(9-17)6-7-12(13)15-14(16)11-4-2-3-5-11/h6-8,11,17H,2-5,9H2,1H3. The molecule has 0 amide bonds. The minimum atomic E-state index is 0.0971. The third-order valence-corrected chi connectivity index (χ3v) is 3.88. The van der Waals surface area contributed by atoms with Crippen LogP contribution in [0.25, 0.3) is 11.0 Å². The van der Waals surface area contributed by atoms with E-state index in [1.54, 1.807) is 0 Å². The summed E-state index contributed by atoms with van der Waals surface area (Å²) in [6.07, 6.45) is 5.19. The van der Waals surface area contributed by atoms with Crippen LogP contribution in [0.3, 0.4) is 0 Å². The van der Waals surface area contributed by atoms with E-state index >= 15 is 0 Å². The highest BCUT2D eigenvalue weighted by atomic mass is 16.3. The highest BCUT2D eigenvalue weighted by Crippen LogP contribution is 2.34. The van der Waals surface area contributed by atoms with E-state index in [9.17, 15) is 5.11 Å². The van der Waals surface area contributed by atoms with E-state index in [4.69, 9.17) is 4.98 Å². The Kier molecular flexibility index (Phi) is 2.63. The summed E-state index contributed by atoms with van der Waals surface area (Å²) in [7, 11) is 2.09. The maximum absolute atomic E-state index is 9.18. The first kappa shape index (κ1) is 10.8. The van der Waals surface area contributed by atoms with Gasteiger partial charge in [-0.05, 0) is 30.5 Å². The lowest BCUT2D eigenvalue weighted by molar-refractivity contribution is 0.282. The van der Waals surface area contributed by atoms with Crippen LogP contribution in [0, 0.1) is 0 Å². The molecule has 3 nitrogen and oxygen atoms in total. The van der Waals surface area contributed by atoms with Crippen LogP contribution in [0.2, 0.25) is 0 Å². The molecule has 0 atom stereocenters. The number of aliphatic hydroxyl groups excluding tert-OH is 1. The second kappa shape index (κ2) is 4.15. The Morgan fingerprint density at radius 3 is 2.82 bits per heavy atom. The molecule has 90 valence electrons. The fourth-order valence-electron chi connectivity index (χ4n) is 2.90. The van der Waals surface area contributed by atoms with Crippen LogP contribution < -0.4 is 0 Å². The smallest absolute Gasteiger partial charge is 0.112 e. The van der Waals surface area contributed by atoms with Crippen molar-refractivity contribution in [1.29, 1.82) is 0 Å². The Morgan fingerprint density at radius 1 is 1.35 bits per heavy atom. The maximum atomic E-state index is 9.18. The van der Waals surface area contributed by atoms with Gasteiger partial charge in [-0.25, -0.2) is 4.98 Å². The molecule has 0 unspecified atom stereocenters. The SMILES string of the molecule is Cn1c(C2CCCC2)nc2ccc(CO)cc21. The quantitative estimate of drug-likeness (QED) is 0.861. The molecule has 1 aliphatic rings. The summed E-state index contributed by atoms with van der Waals surface area (Å²) in [6, 6.07) is 6.01. The average molecular weight is 230 g/mol. The molecule has 1 aliphatic carbocycles. The van der Waals surface area contributed by atoms with Crippen LogP contribution >= 0.6 is 0 Å². The number of aromatic nitrogens is 2. The molecule has 17 heavy (non-hydrogen) atoms. The van der Waals surface area contributed by atoms with Gasteiger partial charge in [0.15, 0.2) is 0 Å². The molecule has 1 aromatic heterocycles. The van der Waals surface area contributed by atoms with E-state index in [1.807, 2.05) is 18.2 Å². The molecule has 1 N–H and O–H groups in total. The predicted octanol–water partition coefficient (Wildman–Crippen LogP) is 2.72. The monoisotopic (exact) mass is 230 g/mol. The Hall–Kier alpha value is -1.35. The van der Waals surface area contributed by atoms with Gasteiger partial charge in [-0.15, -0.1) is 0 Å². The topological polar surface area (TPSA) is 38.0 Å². The third kappa shape index (κ3) is 1.75. The minimum Gasteiger partial charge on any atom is -0.392 e. The van der Waals surface area contributed by atoms with Crippen molar-refractivity contribution in [3.05, 3.63) is 29.6 Å². The molecular weight excluding hydrogens is 212 g/mol. The molecule has 0 aliphatic heterocycles. The van der Waals surface area contributed by atoms with Crippen LogP contribution in [0.4, 0.5) is 0 Å². The van der Waals surface area contributed by atoms with Crippen LogP contribution in [-0.4, -0.2) is 14.7 Å². The molecule has 3 heteroatoms. The van der Waals surface area contributed by atoms with Gasteiger partial charge in [0, 0.05) is 13.0 Å². The Bertz CT molecular complexity index is 538. The number of aryl methyl sites for hydroxylation is 1. The lowest BCUT2D eigenvalue weighted by atomic mass is 10.1. The summed E-state index contributed by atoms with van der Waals surface area (Å²) in [5.74, 6) is 1.84. The number of fused-ring (bicyclic) bond motifs is 1. The van der Waals surface area contributed by atoms with Crippen molar-refractivity contribution in [2.24, 2.45) is 7.05 Å². The summed E-state index contributed by atoms with van der Waals surface area (Å²) in [5, 5.41) is 9.18. The first-order valence-corrected chi connectivity index (χ1v) is 6.35. The lowest BCUT2D eigenvalue weighted by Crippen LogP contribution is -2.02. The number of hydrogen-bond acceptors (Lipinski definition) is 2. The second-order valence-electron chi connectivity index (χ2n) is 4.99. The first-order chi connectivity index (χ1) is 8.29. The minimum absolute atomic E-state index is 0.0971. The first-order valence-electron chi connectivity index (χ1n) is 6.35. The van der Waals surface area contributed by atoms with Crippen LogP contribution in [0.5, 0.6) is 0 Å². The number of nitrogens with zero attached hydrogens (tertiary/aromatic N) is 2. The zero-order chi connectivity index (χ0) is 11.8. The van der Waals surface area contributed by atoms with Gasteiger partial charge in [-0.2, -0.15) is 0 Å². The number of imidazole rings is 1. The van der Waals surface area contributed by atoms with Crippen molar-refractivity contribution in [2.45, 2.75) is 38.2 Å². The van der Waals surface area contributed by atoms with E-state index < -0.39 is 0 Å². The van der Waals surface area contributed by atoms with E-state index in [-0.39, 0.29) is 6.61 Å². The number of aliphatic hydroxyl groups is 1. The zero-order valence-electron chi connectivity index (χ0n) is 10.2. The number of benzene rings is 1. The van der Waals surface area contributed by atoms with Crippen molar-refractivity contribution in [3.63, 3.8) is 0 Å². The Balaban J connectivity index is 2.11. The molecule has 0 bridgehead atoms. The van der Waals surface area contributed by atoms with Crippen molar-refractivity contribution in [3.8, 4) is 0 Å². The zero-order valence-corrected chi connectivity index (χ0v) is 10.2. The maximum Gasteiger partial charge on any atom is 0.112 e. The molecule has 0 spiro atoms. The summed E-state index contributed by atoms with van der Waals surface area (Å²) in [6.45, 7) is 0.0971. The number of hydrogen-bond donors (Lipinski definition) is 1. The van der Waals surface area contributed by atoms with E-state index in [1.165, 1.54) is 31.5 Å². The summed E-state index contributed by atoms with van der Waals surface area (Å²) >= 11 is 0. The molecule has 1 aromatic carbocycles. The van der Waals surface area contributed by atoms with Gasteiger partial charge in [-0.1, -0.05) is 18.9 Å². The third-order valence-electron chi connectivity index (χ3n) is 3.88. The molecular formula is C14H18N2O. The number of rotatable bonds is 2. The molecule has 3 rings (SSSR count). The van der Waals surface area contributed by atoms with Gasteiger partial charge in [-0.3, -0.25) is 0 Å². The average Bonchev–Trinajstić information content (AvgIpc) is 2.97. The van der Waals surface area contributed by atoms with Gasteiger partial charge < -0.3 is 9.67 Å². The summed E-state index contributed by atoms with van der Waals surface area (Å²) in [4.78, 5) is 4.75. The largest absolute Gasteiger partial charge is 0.392 e. The highest BCUT2D eigenvalue weighted by Gasteiger charge is 2.22. The van der Waals surface area contributed by atoms with E-state index in [2.05, 4.69) is 11.6 Å².